The maximum atomic E-state index is 12.1. The van der Waals surface area contributed by atoms with Crippen LogP contribution in [0.5, 0.6) is 0 Å². The second-order valence-corrected chi connectivity index (χ2v) is 6.27. The Hall–Kier alpha value is -0.850. The number of halogens is 1. The van der Waals surface area contributed by atoms with Crippen LogP contribution < -0.4 is 0 Å². The molecule has 0 radical (unpaired) electrons. The first-order valence-electron chi connectivity index (χ1n) is 4.98. The van der Waals surface area contributed by atoms with Crippen molar-refractivity contribution in [3.05, 3.63) is 15.3 Å². The summed E-state index contributed by atoms with van der Waals surface area (Å²) in [4.78, 5) is 10.9. The molecule has 0 aromatic heterocycles. The first kappa shape index (κ1) is 13.2. The molecule has 16 heavy (non-hydrogen) atoms. The molecule has 0 amide bonds. The maximum Gasteiger partial charge on any atom is 0.294 e. The van der Waals surface area contributed by atoms with Crippen LogP contribution in [-0.2, 0) is 0 Å². The Morgan fingerprint density at radius 3 is 2.06 bits per heavy atom. The summed E-state index contributed by atoms with van der Waals surface area (Å²) in [5.74, 6) is 0. The topological polar surface area (TPSA) is 72.5 Å². The number of hydroxylamine groups is 1. The molecule has 92 valence electrons. The van der Waals surface area contributed by atoms with Crippen molar-refractivity contribution >= 4 is 21.6 Å². The third-order valence-corrected chi connectivity index (χ3v) is 3.36. The highest BCUT2D eigenvalue weighted by molar-refractivity contribution is 9.10. The highest BCUT2D eigenvalue weighted by Gasteiger charge is 2.63. The van der Waals surface area contributed by atoms with Gasteiger partial charge in [-0.05, 0) is 25.8 Å². The molecular weight excluding hydrogens is 278 g/mol. The van der Waals surface area contributed by atoms with E-state index in [2.05, 4.69) is 15.9 Å². The molecule has 1 heterocycles. The highest BCUT2D eigenvalue weighted by Crippen LogP contribution is 2.36. The minimum absolute atomic E-state index is 0.204. The molecule has 0 saturated heterocycles. The Morgan fingerprint density at radius 2 is 1.88 bits per heavy atom. The van der Waals surface area contributed by atoms with Crippen molar-refractivity contribution in [3.63, 3.8) is 0 Å². The Bertz CT molecular complexity index is 363. The zero-order valence-corrected chi connectivity index (χ0v) is 11.6. The summed E-state index contributed by atoms with van der Waals surface area (Å²) in [6.07, 6.45) is 0. The van der Waals surface area contributed by atoms with Crippen molar-refractivity contribution in [1.82, 2.24) is 5.01 Å². The van der Waals surface area contributed by atoms with Crippen LogP contribution in [-0.4, -0.2) is 36.5 Å². The van der Waals surface area contributed by atoms with E-state index in [1.807, 2.05) is 0 Å². The second kappa shape index (κ2) is 3.58. The summed E-state index contributed by atoms with van der Waals surface area (Å²) in [5, 5.41) is 23.7. The lowest BCUT2D eigenvalue weighted by molar-refractivity contribution is -0.742. The average Bonchev–Trinajstić information content (AvgIpc) is 2.12. The van der Waals surface area contributed by atoms with Crippen molar-refractivity contribution in [2.75, 3.05) is 0 Å². The van der Waals surface area contributed by atoms with Crippen molar-refractivity contribution in [2.45, 2.75) is 50.6 Å². The summed E-state index contributed by atoms with van der Waals surface area (Å²) in [7, 11) is 0. The second-order valence-electron chi connectivity index (χ2n) is 4.90. The van der Waals surface area contributed by atoms with E-state index in [-0.39, 0.29) is 4.83 Å². The van der Waals surface area contributed by atoms with Gasteiger partial charge in [-0.3, -0.25) is 0 Å². The molecule has 1 aliphatic rings. The molecule has 7 heteroatoms. The lowest BCUT2D eigenvalue weighted by Gasteiger charge is -2.28. The summed E-state index contributed by atoms with van der Waals surface area (Å²) in [6, 6.07) is 0. The molecule has 0 aliphatic carbocycles. The maximum absolute atomic E-state index is 12.1. The molecule has 0 aromatic carbocycles. The number of hydrogen-bond acceptors (Lipinski definition) is 3. The van der Waals surface area contributed by atoms with Crippen LogP contribution >= 0.6 is 15.9 Å². The molecule has 0 bridgehead atoms. The number of rotatable bonds is 2. The van der Waals surface area contributed by atoms with E-state index in [0.29, 0.717) is 5.71 Å². The predicted octanol–water partition coefficient (Wildman–Crippen LogP) is 1.74. The van der Waals surface area contributed by atoms with Gasteiger partial charge in [-0.25, -0.2) is 10.1 Å². The Labute approximate surface area is 103 Å². The molecule has 0 aromatic rings. The molecule has 1 aliphatic heterocycles. The number of hydrogen-bond donors (Lipinski definition) is 0. The minimum Gasteiger partial charge on any atom is -0.622 e. The van der Waals surface area contributed by atoms with Crippen molar-refractivity contribution in [3.8, 4) is 0 Å². The zero-order chi connectivity index (χ0) is 12.9. The summed E-state index contributed by atoms with van der Waals surface area (Å²) < 4.78 is 0.731. The fourth-order valence-electron chi connectivity index (χ4n) is 2.47. The number of alkyl halides is 1. The summed E-state index contributed by atoms with van der Waals surface area (Å²) in [5.41, 5.74) is -1.61. The lowest BCUT2D eigenvalue weighted by atomic mass is 9.96. The van der Waals surface area contributed by atoms with Crippen LogP contribution in [0.4, 0.5) is 0 Å². The van der Waals surface area contributed by atoms with Crippen molar-refractivity contribution < 1.29 is 9.77 Å². The van der Waals surface area contributed by atoms with Gasteiger partial charge in [-0.15, -0.1) is 0 Å². The third-order valence-electron chi connectivity index (χ3n) is 2.93. The quantitative estimate of drug-likeness (QED) is 0.256. The first-order valence-corrected chi connectivity index (χ1v) is 5.89. The van der Waals surface area contributed by atoms with E-state index < -0.39 is 16.2 Å². The third kappa shape index (κ3) is 1.57. The molecule has 0 fully saturated rings. The van der Waals surface area contributed by atoms with E-state index in [4.69, 9.17) is 0 Å². The summed E-state index contributed by atoms with van der Waals surface area (Å²) in [6.45, 7) is 8.26. The van der Waals surface area contributed by atoms with Crippen LogP contribution in [0.1, 0.15) is 34.6 Å². The molecule has 1 unspecified atom stereocenters. The van der Waals surface area contributed by atoms with Crippen LogP contribution in [0.25, 0.3) is 0 Å². The van der Waals surface area contributed by atoms with Gasteiger partial charge < -0.3 is 5.21 Å². The van der Waals surface area contributed by atoms with Gasteiger partial charge in [0.05, 0.1) is 4.83 Å². The van der Waals surface area contributed by atoms with Gasteiger partial charge in [0.2, 0.25) is 5.71 Å². The predicted molar refractivity (Wildman–Crippen MR) is 64.0 cm³/mol. The monoisotopic (exact) mass is 293 g/mol. The van der Waals surface area contributed by atoms with Crippen LogP contribution in [0.3, 0.4) is 0 Å². The molecule has 1 atom stereocenters. The van der Waals surface area contributed by atoms with Crippen LogP contribution in [0.2, 0.25) is 0 Å². The fourth-order valence-corrected chi connectivity index (χ4v) is 3.22. The van der Waals surface area contributed by atoms with Gasteiger partial charge in [0.1, 0.15) is 0 Å². The molecule has 6 nitrogen and oxygen atoms in total. The van der Waals surface area contributed by atoms with E-state index in [9.17, 15) is 15.3 Å². The Kier molecular flexibility index (Phi) is 2.96. The smallest absolute Gasteiger partial charge is 0.294 e. The van der Waals surface area contributed by atoms with Gasteiger partial charge in [0.15, 0.2) is 10.6 Å². The SMILES string of the molecule is CC(Br)C1=[N+]([O-])C(C)(C)N([N+](=O)[O-])C1(C)C. The van der Waals surface area contributed by atoms with Crippen molar-refractivity contribution in [2.24, 2.45) is 0 Å². The van der Waals surface area contributed by atoms with Crippen LogP contribution in [0, 0.1) is 15.3 Å². The first-order chi connectivity index (χ1) is 7.04. The molecule has 1 rings (SSSR count). The fraction of sp³-hybridized carbons (Fsp3) is 0.889. The molecule has 0 N–H and O–H groups in total. The number of nitro groups is 1. The largest absolute Gasteiger partial charge is 0.622 e. The van der Waals surface area contributed by atoms with Crippen molar-refractivity contribution in [1.29, 1.82) is 0 Å². The van der Waals surface area contributed by atoms with E-state index in [1.54, 1.807) is 34.6 Å². The molecule has 0 saturated carbocycles. The average molecular weight is 294 g/mol. The van der Waals surface area contributed by atoms with Gasteiger partial charge in [0.25, 0.3) is 5.66 Å². The van der Waals surface area contributed by atoms with Crippen LogP contribution in [0.15, 0.2) is 0 Å². The standard InChI is InChI=1S/C9H16BrN3O3/c1-6(10)7-8(2,3)12(13(15)16)9(4,5)11(7)14/h6H,1-5H3. The van der Waals surface area contributed by atoms with Gasteiger partial charge >= 0.3 is 0 Å². The Balaban J connectivity index is 3.41. The van der Waals surface area contributed by atoms with Gasteiger partial charge in [-0.1, -0.05) is 15.9 Å². The van der Waals surface area contributed by atoms with E-state index in [1.165, 1.54) is 0 Å². The lowest BCUT2D eigenvalue weighted by Crippen LogP contribution is -2.56. The molecular formula is C9H16BrN3O3. The van der Waals surface area contributed by atoms with E-state index >= 15 is 0 Å². The molecule has 0 spiro atoms. The van der Waals surface area contributed by atoms with Gasteiger partial charge in [-0.2, -0.15) is 4.74 Å². The number of nitrogens with zero attached hydrogens (tertiary/aromatic N) is 3. The van der Waals surface area contributed by atoms with Gasteiger partial charge in [0, 0.05) is 13.8 Å². The zero-order valence-electron chi connectivity index (χ0n) is 10.0. The van der Waals surface area contributed by atoms with E-state index in [0.717, 1.165) is 9.75 Å². The summed E-state index contributed by atoms with van der Waals surface area (Å²) >= 11 is 3.32. The number of hydrazine groups is 1. The Morgan fingerprint density at radius 1 is 1.44 bits per heavy atom. The normalized spacial score (nSPS) is 24.8. The highest BCUT2D eigenvalue weighted by atomic mass is 79.9. The minimum atomic E-state index is -1.18.